The van der Waals surface area contributed by atoms with Crippen molar-refractivity contribution in [1.82, 2.24) is 0 Å². The summed E-state index contributed by atoms with van der Waals surface area (Å²) in [4.78, 5) is 0. The third-order valence-corrected chi connectivity index (χ3v) is 1.60. The van der Waals surface area contributed by atoms with Crippen molar-refractivity contribution >= 4 is 8.32 Å². The smallest absolute Gasteiger partial charge is 0.446 e. The van der Waals surface area contributed by atoms with Crippen LogP contribution in [0.1, 0.15) is 0 Å². The number of allylic oxidation sites excluding steroid dienone is 1. The maximum Gasteiger partial charge on any atom is 0.446 e. The molecule has 1 nitrogen and oxygen atoms in total. The second-order valence-electron chi connectivity index (χ2n) is 3.14. The molecule has 0 amide bonds. The van der Waals surface area contributed by atoms with E-state index >= 15 is 0 Å². The van der Waals surface area contributed by atoms with Crippen LogP contribution in [0.4, 0.5) is 13.2 Å². The molecule has 0 heterocycles. The number of rotatable bonds is 2. The van der Waals surface area contributed by atoms with E-state index in [2.05, 4.69) is 11.0 Å². The molecule has 0 unspecified atom stereocenters. The molecule has 0 aromatic rings. The Morgan fingerprint density at radius 3 is 1.73 bits per heavy atom. The highest BCUT2D eigenvalue weighted by atomic mass is 28.4. The zero-order valence-corrected chi connectivity index (χ0v) is 7.75. The highest BCUT2D eigenvalue weighted by molar-refractivity contribution is 6.70. The molecule has 0 saturated heterocycles. The maximum atomic E-state index is 11.8. The van der Waals surface area contributed by atoms with Gasteiger partial charge in [-0.25, -0.2) is 0 Å². The van der Waals surface area contributed by atoms with E-state index in [9.17, 15) is 13.2 Å². The fourth-order valence-corrected chi connectivity index (χ4v) is 1.28. The molecule has 0 aliphatic carbocycles. The van der Waals surface area contributed by atoms with E-state index in [4.69, 9.17) is 0 Å². The van der Waals surface area contributed by atoms with Crippen molar-refractivity contribution in [2.24, 2.45) is 0 Å². The van der Waals surface area contributed by atoms with E-state index in [1.807, 2.05) is 0 Å². The van der Waals surface area contributed by atoms with E-state index < -0.39 is 20.3 Å². The lowest BCUT2D eigenvalue weighted by molar-refractivity contribution is -0.117. The zero-order valence-electron chi connectivity index (χ0n) is 6.75. The van der Waals surface area contributed by atoms with Gasteiger partial charge in [0.15, 0.2) is 5.76 Å². The summed E-state index contributed by atoms with van der Waals surface area (Å²) >= 11 is 0. The van der Waals surface area contributed by atoms with Crippen molar-refractivity contribution in [1.29, 1.82) is 0 Å². The van der Waals surface area contributed by atoms with Crippen molar-refractivity contribution < 1.29 is 17.6 Å². The molecule has 0 saturated carbocycles. The maximum absolute atomic E-state index is 11.8. The Morgan fingerprint density at radius 2 is 1.64 bits per heavy atom. The summed E-state index contributed by atoms with van der Waals surface area (Å²) in [5.74, 6) is -1.09. The van der Waals surface area contributed by atoms with Crippen LogP contribution in [0.2, 0.25) is 19.6 Å². The van der Waals surface area contributed by atoms with E-state index in [0.29, 0.717) is 0 Å². The Labute approximate surface area is 65.0 Å². The average Bonchev–Trinajstić information content (AvgIpc) is 1.56. The van der Waals surface area contributed by atoms with Gasteiger partial charge in [0.1, 0.15) is 0 Å². The van der Waals surface area contributed by atoms with E-state index in [1.54, 1.807) is 19.6 Å². The predicted molar refractivity (Wildman–Crippen MR) is 39.6 cm³/mol. The van der Waals surface area contributed by atoms with Crippen molar-refractivity contribution in [3.8, 4) is 0 Å². The minimum atomic E-state index is -4.42. The van der Waals surface area contributed by atoms with Crippen LogP contribution >= 0.6 is 0 Å². The SMILES string of the molecule is C=C(O[Si](C)(C)C)C(F)(F)F. The van der Waals surface area contributed by atoms with Gasteiger partial charge >= 0.3 is 6.18 Å². The zero-order chi connectivity index (χ0) is 9.28. The van der Waals surface area contributed by atoms with Gasteiger partial charge in [-0.3, -0.25) is 0 Å². The van der Waals surface area contributed by atoms with Crippen LogP contribution in [0.25, 0.3) is 0 Å². The molecule has 0 N–H and O–H groups in total. The molecule has 0 aliphatic heterocycles. The third kappa shape index (κ3) is 4.89. The fraction of sp³-hybridized carbons (Fsp3) is 0.667. The summed E-state index contributed by atoms with van der Waals surface area (Å²) in [7, 11) is -2.15. The summed E-state index contributed by atoms with van der Waals surface area (Å²) in [6.45, 7) is 7.81. The minimum Gasteiger partial charge on any atom is -0.541 e. The lowest BCUT2D eigenvalue weighted by Gasteiger charge is -2.22. The van der Waals surface area contributed by atoms with E-state index in [1.165, 1.54) is 0 Å². The molecular formula is C6H11F3OSi. The second kappa shape index (κ2) is 2.89. The van der Waals surface area contributed by atoms with Gasteiger partial charge < -0.3 is 4.43 Å². The predicted octanol–water partition coefficient (Wildman–Crippen LogP) is 2.91. The van der Waals surface area contributed by atoms with Crippen LogP contribution in [-0.2, 0) is 4.43 Å². The first-order chi connectivity index (χ1) is 4.63. The summed E-state index contributed by atoms with van der Waals surface area (Å²) in [5, 5.41) is 0. The van der Waals surface area contributed by atoms with Gasteiger partial charge in [-0.15, -0.1) is 0 Å². The first-order valence-corrected chi connectivity index (χ1v) is 6.49. The summed E-state index contributed by atoms with van der Waals surface area (Å²) in [5.41, 5.74) is 0. The van der Waals surface area contributed by atoms with Crippen LogP contribution in [0.15, 0.2) is 12.3 Å². The molecule has 0 spiro atoms. The summed E-state index contributed by atoms with van der Waals surface area (Å²) < 4.78 is 40.0. The lowest BCUT2D eigenvalue weighted by Crippen LogP contribution is -2.29. The van der Waals surface area contributed by atoms with Crippen molar-refractivity contribution in [2.45, 2.75) is 25.8 Å². The van der Waals surface area contributed by atoms with E-state index in [0.717, 1.165) is 0 Å². The molecule has 0 atom stereocenters. The molecule has 0 radical (unpaired) electrons. The molecule has 0 aliphatic rings. The number of hydrogen-bond donors (Lipinski definition) is 0. The largest absolute Gasteiger partial charge is 0.541 e. The normalized spacial score (nSPS) is 12.9. The Hall–Kier alpha value is -0.453. The van der Waals surface area contributed by atoms with Crippen LogP contribution in [0.3, 0.4) is 0 Å². The molecule has 0 bridgehead atoms. The van der Waals surface area contributed by atoms with Crippen molar-refractivity contribution in [3.05, 3.63) is 12.3 Å². The van der Waals surface area contributed by atoms with Gasteiger partial charge in [0, 0.05) is 0 Å². The van der Waals surface area contributed by atoms with Crippen LogP contribution in [-0.4, -0.2) is 14.5 Å². The van der Waals surface area contributed by atoms with Gasteiger partial charge in [-0.2, -0.15) is 13.2 Å². The molecule has 0 aromatic carbocycles. The summed E-state index contributed by atoms with van der Waals surface area (Å²) in [6.07, 6.45) is -4.42. The second-order valence-corrected chi connectivity index (χ2v) is 7.56. The molecule has 5 heteroatoms. The highest BCUT2D eigenvalue weighted by Gasteiger charge is 2.36. The molecule has 0 rings (SSSR count). The topological polar surface area (TPSA) is 9.23 Å². The number of halogens is 3. The van der Waals surface area contributed by atoms with Gasteiger partial charge in [-0.05, 0) is 19.6 Å². The molecular weight excluding hydrogens is 173 g/mol. The standard InChI is InChI=1S/C6H11F3OSi/c1-5(6(7,8)9)10-11(2,3)4/h1H2,2-4H3. The fourth-order valence-electron chi connectivity index (χ4n) is 0.427. The Kier molecular flexibility index (Phi) is 2.77. The first-order valence-electron chi connectivity index (χ1n) is 3.08. The molecule has 66 valence electrons. The monoisotopic (exact) mass is 184 g/mol. The van der Waals surface area contributed by atoms with Gasteiger partial charge in [0.05, 0.1) is 0 Å². The molecule has 0 aromatic heterocycles. The molecule has 11 heavy (non-hydrogen) atoms. The van der Waals surface area contributed by atoms with Crippen LogP contribution < -0.4 is 0 Å². The average molecular weight is 184 g/mol. The van der Waals surface area contributed by atoms with Gasteiger partial charge in [0.25, 0.3) is 0 Å². The Bertz CT molecular complexity index is 156. The number of alkyl halides is 3. The molecule has 0 fully saturated rings. The lowest BCUT2D eigenvalue weighted by atomic mass is 10.6. The Balaban J connectivity index is 4.11. The Morgan fingerprint density at radius 1 is 1.27 bits per heavy atom. The number of hydrogen-bond acceptors (Lipinski definition) is 1. The van der Waals surface area contributed by atoms with Crippen molar-refractivity contribution in [2.75, 3.05) is 0 Å². The van der Waals surface area contributed by atoms with Gasteiger partial charge in [0.2, 0.25) is 8.32 Å². The van der Waals surface area contributed by atoms with Crippen LogP contribution in [0.5, 0.6) is 0 Å². The third-order valence-electron chi connectivity index (χ3n) is 0.746. The van der Waals surface area contributed by atoms with Crippen LogP contribution in [0, 0.1) is 0 Å². The highest BCUT2D eigenvalue weighted by Crippen LogP contribution is 2.27. The summed E-state index contributed by atoms with van der Waals surface area (Å²) in [6, 6.07) is 0. The van der Waals surface area contributed by atoms with Gasteiger partial charge in [-0.1, -0.05) is 6.58 Å². The van der Waals surface area contributed by atoms with E-state index in [-0.39, 0.29) is 0 Å². The quantitative estimate of drug-likeness (QED) is 0.473. The first kappa shape index (κ1) is 10.5. The minimum absolute atomic E-state index is 1.09. The van der Waals surface area contributed by atoms with Crippen molar-refractivity contribution in [3.63, 3.8) is 0 Å².